The van der Waals surface area contributed by atoms with E-state index in [0.717, 1.165) is 25.5 Å². The minimum atomic E-state index is -0.424. The second-order valence-corrected chi connectivity index (χ2v) is 5.98. The van der Waals surface area contributed by atoms with Gasteiger partial charge >= 0.3 is 0 Å². The number of rotatable bonds is 2. The fraction of sp³-hybridized carbons (Fsp3) is 0.583. The van der Waals surface area contributed by atoms with Crippen LogP contribution in [0.15, 0.2) is 16.7 Å². The van der Waals surface area contributed by atoms with Gasteiger partial charge in [0.15, 0.2) is 0 Å². The van der Waals surface area contributed by atoms with Crippen LogP contribution in [-0.2, 0) is 0 Å². The Morgan fingerprint density at radius 1 is 1.53 bits per heavy atom. The molecule has 1 aromatic heterocycles. The fourth-order valence-electron chi connectivity index (χ4n) is 2.97. The van der Waals surface area contributed by atoms with Crippen molar-refractivity contribution in [2.75, 3.05) is 24.5 Å². The number of fused-ring (bicyclic) bond motifs is 1. The maximum Gasteiger partial charge on any atom is 0.288 e. The number of nitro groups is 1. The molecular weight excluding hydrogens is 312 g/mol. The first-order valence-corrected chi connectivity index (χ1v) is 7.22. The fourth-order valence-corrected chi connectivity index (χ4v) is 3.56. The first kappa shape index (κ1) is 12.8. The van der Waals surface area contributed by atoms with Gasteiger partial charge in [-0.15, -0.1) is 0 Å². The van der Waals surface area contributed by atoms with E-state index in [-0.39, 0.29) is 5.69 Å². The molecule has 1 N–H and O–H groups in total. The van der Waals surface area contributed by atoms with E-state index in [1.165, 1.54) is 25.1 Å². The van der Waals surface area contributed by atoms with Gasteiger partial charge in [0.25, 0.3) is 5.69 Å². The molecule has 2 atom stereocenters. The highest BCUT2D eigenvalue weighted by Gasteiger charge is 2.35. The zero-order chi connectivity index (χ0) is 13.4. The van der Waals surface area contributed by atoms with Crippen LogP contribution in [-0.4, -0.2) is 35.6 Å². The lowest BCUT2D eigenvalue weighted by Gasteiger charge is -2.24. The summed E-state index contributed by atoms with van der Waals surface area (Å²) >= 11 is 3.40. The number of nitrogens with one attached hydrogen (secondary N) is 1. The molecule has 0 aliphatic carbocycles. The highest BCUT2D eigenvalue weighted by Crippen LogP contribution is 2.33. The van der Waals surface area contributed by atoms with Crippen molar-refractivity contribution in [2.45, 2.75) is 18.9 Å². The normalized spacial score (nSPS) is 26.3. The second kappa shape index (κ2) is 5.05. The van der Waals surface area contributed by atoms with Gasteiger partial charge in [-0.3, -0.25) is 10.1 Å². The largest absolute Gasteiger partial charge is 0.354 e. The van der Waals surface area contributed by atoms with Crippen molar-refractivity contribution in [1.29, 1.82) is 0 Å². The predicted octanol–water partition coefficient (Wildman–Crippen LogP) is 1.94. The number of aromatic nitrogens is 1. The second-order valence-electron chi connectivity index (χ2n) is 5.12. The number of nitrogens with zero attached hydrogens (tertiary/aromatic N) is 3. The minimum absolute atomic E-state index is 0.0189. The average Bonchev–Trinajstić information content (AvgIpc) is 2.81. The quantitative estimate of drug-likeness (QED) is 0.664. The number of hydrogen-bond acceptors (Lipinski definition) is 5. The molecule has 2 aliphatic rings. The van der Waals surface area contributed by atoms with Gasteiger partial charge in [0.2, 0.25) is 0 Å². The third kappa shape index (κ3) is 2.44. The van der Waals surface area contributed by atoms with E-state index in [2.05, 4.69) is 31.1 Å². The van der Waals surface area contributed by atoms with Crippen molar-refractivity contribution in [3.05, 3.63) is 26.9 Å². The number of anilines is 1. The molecule has 0 amide bonds. The van der Waals surface area contributed by atoms with Crippen LogP contribution >= 0.6 is 15.9 Å². The molecule has 0 bridgehead atoms. The van der Waals surface area contributed by atoms with Gasteiger partial charge in [-0.05, 0) is 41.2 Å². The van der Waals surface area contributed by atoms with E-state index in [1.807, 2.05) is 0 Å². The molecule has 2 unspecified atom stereocenters. The van der Waals surface area contributed by atoms with Gasteiger partial charge in [0.05, 0.1) is 9.40 Å². The van der Waals surface area contributed by atoms with Crippen molar-refractivity contribution in [3.63, 3.8) is 0 Å². The average molecular weight is 327 g/mol. The molecule has 2 aliphatic heterocycles. The van der Waals surface area contributed by atoms with Gasteiger partial charge in [0, 0.05) is 25.2 Å². The van der Waals surface area contributed by atoms with Gasteiger partial charge in [0.1, 0.15) is 12.0 Å². The molecule has 1 aromatic rings. The smallest absolute Gasteiger partial charge is 0.288 e. The molecular formula is C12H15BrN4O2. The van der Waals surface area contributed by atoms with Crippen LogP contribution in [0.5, 0.6) is 0 Å². The molecule has 0 radical (unpaired) electrons. The van der Waals surface area contributed by atoms with Gasteiger partial charge in [-0.1, -0.05) is 0 Å². The van der Waals surface area contributed by atoms with Crippen LogP contribution in [0.3, 0.4) is 0 Å². The Hall–Kier alpha value is -1.21. The number of halogens is 1. The lowest BCUT2D eigenvalue weighted by Crippen LogP contribution is -2.40. The number of piperidine rings is 1. The van der Waals surface area contributed by atoms with E-state index in [1.54, 1.807) is 0 Å². The Morgan fingerprint density at radius 2 is 2.37 bits per heavy atom. The molecule has 19 heavy (non-hydrogen) atoms. The van der Waals surface area contributed by atoms with Crippen molar-refractivity contribution in [2.24, 2.45) is 5.92 Å². The maximum atomic E-state index is 10.7. The first-order chi connectivity index (χ1) is 9.15. The highest BCUT2D eigenvalue weighted by atomic mass is 79.9. The molecule has 0 saturated carbocycles. The first-order valence-electron chi connectivity index (χ1n) is 6.43. The van der Waals surface area contributed by atoms with Crippen molar-refractivity contribution < 1.29 is 4.92 Å². The number of hydrogen-bond donors (Lipinski definition) is 1. The zero-order valence-corrected chi connectivity index (χ0v) is 12.0. The van der Waals surface area contributed by atoms with Crippen LogP contribution in [0.2, 0.25) is 0 Å². The van der Waals surface area contributed by atoms with Crippen LogP contribution in [0.25, 0.3) is 0 Å². The number of pyridine rings is 1. The molecule has 0 spiro atoms. The topological polar surface area (TPSA) is 71.3 Å². The van der Waals surface area contributed by atoms with Gasteiger partial charge < -0.3 is 10.2 Å². The van der Waals surface area contributed by atoms with Crippen molar-refractivity contribution in [3.8, 4) is 0 Å². The summed E-state index contributed by atoms with van der Waals surface area (Å²) in [5, 5.41) is 14.2. The third-order valence-electron chi connectivity index (χ3n) is 3.92. The van der Waals surface area contributed by atoms with Crippen LogP contribution < -0.4 is 10.2 Å². The van der Waals surface area contributed by atoms with E-state index < -0.39 is 4.92 Å². The summed E-state index contributed by atoms with van der Waals surface area (Å²) in [6, 6.07) is 2.05. The molecule has 2 saturated heterocycles. The predicted molar refractivity (Wildman–Crippen MR) is 75.3 cm³/mol. The van der Waals surface area contributed by atoms with Crippen molar-refractivity contribution >= 4 is 27.4 Å². The summed E-state index contributed by atoms with van der Waals surface area (Å²) in [6.45, 7) is 2.99. The van der Waals surface area contributed by atoms with Crippen molar-refractivity contribution in [1.82, 2.24) is 10.3 Å². The summed E-state index contributed by atoms with van der Waals surface area (Å²) < 4.78 is 0.695. The Labute approximate surface area is 119 Å². The van der Waals surface area contributed by atoms with E-state index in [4.69, 9.17) is 0 Å². The standard InChI is InChI=1S/C12H15BrN4O2/c13-10-4-9(17(18)19)5-15-12(10)16-6-8-2-1-3-14-11(8)7-16/h4-5,8,11,14H,1-3,6-7H2. The summed E-state index contributed by atoms with van der Waals surface area (Å²) in [5.74, 6) is 1.47. The SMILES string of the molecule is O=[N+]([O-])c1cnc(N2CC3CCCNC3C2)c(Br)c1. The van der Waals surface area contributed by atoms with Crippen LogP contribution in [0.4, 0.5) is 11.5 Å². The molecule has 2 fully saturated rings. The summed E-state index contributed by atoms with van der Waals surface area (Å²) in [5.41, 5.74) is 0.0189. The van der Waals surface area contributed by atoms with Crippen LogP contribution in [0.1, 0.15) is 12.8 Å². The molecule has 3 rings (SSSR count). The maximum absolute atomic E-state index is 10.7. The van der Waals surface area contributed by atoms with Crippen LogP contribution in [0, 0.1) is 16.0 Å². The highest BCUT2D eigenvalue weighted by molar-refractivity contribution is 9.10. The third-order valence-corrected chi connectivity index (χ3v) is 4.50. The van der Waals surface area contributed by atoms with E-state index in [9.17, 15) is 10.1 Å². The molecule has 3 heterocycles. The Balaban J connectivity index is 1.81. The van der Waals surface area contributed by atoms with E-state index >= 15 is 0 Å². The Kier molecular flexibility index (Phi) is 3.40. The minimum Gasteiger partial charge on any atom is -0.354 e. The summed E-state index contributed by atoms with van der Waals surface area (Å²) in [6.07, 6.45) is 3.80. The molecule has 7 heteroatoms. The Morgan fingerprint density at radius 3 is 3.05 bits per heavy atom. The van der Waals surface area contributed by atoms with E-state index in [0.29, 0.717) is 16.4 Å². The molecule has 0 aromatic carbocycles. The summed E-state index contributed by atoms with van der Waals surface area (Å²) in [4.78, 5) is 16.7. The van der Waals surface area contributed by atoms with Gasteiger partial charge in [-0.2, -0.15) is 0 Å². The Bertz CT molecular complexity index is 497. The lowest BCUT2D eigenvalue weighted by atomic mass is 9.94. The summed E-state index contributed by atoms with van der Waals surface area (Å²) in [7, 11) is 0. The molecule has 6 nitrogen and oxygen atoms in total. The lowest BCUT2D eigenvalue weighted by molar-refractivity contribution is -0.385. The zero-order valence-electron chi connectivity index (χ0n) is 10.4. The molecule has 102 valence electrons. The monoisotopic (exact) mass is 326 g/mol. The van der Waals surface area contributed by atoms with Gasteiger partial charge in [-0.25, -0.2) is 4.98 Å².